The summed E-state index contributed by atoms with van der Waals surface area (Å²) in [6.07, 6.45) is -0.709. The number of alkyl carbamates (subject to hydrolysis) is 1. The first kappa shape index (κ1) is 26.0. The zero-order valence-electron chi connectivity index (χ0n) is 19.5. The van der Waals surface area contributed by atoms with Gasteiger partial charge in [-0.3, -0.25) is 4.79 Å². The summed E-state index contributed by atoms with van der Waals surface area (Å²) in [6.45, 7) is 13.5. The third-order valence-electron chi connectivity index (χ3n) is 4.50. The van der Waals surface area contributed by atoms with Crippen LogP contribution in [0.2, 0.25) is 0 Å². The lowest BCUT2D eigenvalue weighted by molar-refractivity contribution is -0.155. The standard InChI is InChI=1S/C24H39NO5/c1-16(2)13-19(22(27)29-15-18-11-9-8-10-12-18)21(26)20(14-17(3)4)25-23(28)30-24(5,6)7/h8-12,16-17,19-21,26H,13-15H2,1-7H3,(H,25,28)/t19-,20-,21+/m0/s1. The first-order chi connectivity index (χ1) is 13.9. The van der Waals surface area contributed by atoms with Crippen molar-refractivity contribution in [1.82, 2.24) is 5.32 Å². The number of carbonyl (C=O) groups is 2. The quantitative estimate of drug-likeness (QED) is 0.535. The van der Waals surface area contributed by atoms with Gasteiger partial charge in [0.15, 0.2) is 0 Å². The van der Waals surface area contributed by atoms with Crippen LogP contribution < -0.4 is 5.32 Å². The molecule has 30 heavy (non-hydrogen) atoms. The second-order valence-corrected chi connectivity index (χ2v) is 9.70. The van der Waals surface area contributed by atoms with E-state index in [1.54, 1.807) is 20.8 Å². The molecule has 1 aromatic rings. The summed E-state index contributed by atoms with van der Waals surface area (Å²) < 4.78 is 10.9. The molecule has 0 aromatic heterocycles. The van der Waals surface area contributed by atoms with Gasteiger partial charge in [0.2, 0.25) is 0 Å². The van der Waals surface area contributed by atoms with E-state index in [0.29, 0.717) is 12.8 Å². The summed E-state index contributed by atoms with van der Waals surface area (Å²) in [6, 6.07) is 8.81. The number of hydrogen-bond acceptors (Lipinski definition) is 5. The molecule has 0 aliphatic rings. The van der Waals surface area contributed by atoms with E-state index >= 15 is 0 Å². The van der Waals surface area contributed by atoms with E-state index in [1.165, 1.54) is 0 Å². The maximum Gasteiger partial charge on any atom is 0.407 e. The molecule has 1 aromatic carbocycles. The molecule has 0 unspecified atom stereocenters. The second kappa shape index (κ2) is 11.9. The van der Waals surface area contributed by atoms with Crippen LogP contribution in [0.15, 0.2) is 30.3 Å². The molecule has 0 saturated heterocycles. The lowest BCUT2D eigenvalue weighted by Crippen LogP contribution is -2.50. The minimum absolute atomic E-state index is 0.148. The fourth-order valence-corrected chi connectivity index (χ4v) is 3.25. The van der Waals surface area contributed by atoms with Crippen molar-refractivity contribution >= 4 is 12.1 Å². The molecule has 0 radical (unpaired) electrons. The molecule has 3 atom stereocenters. The highest BCUT2D eigenvalue weighted by Gasteiger charge is 2.36. The number of aliphatic hydroxyl groups excluding tert-OH is 1. The predicted octanol–water partition coefficient (Wildman–Crippen LogP) is 4.69. The summed E-state index contributed by atoms with van der Waals surface area (Å²) in [7, 11) is 0. The first-order valence-electron chi connectivity index (χ1n) is 10.8. The molecule has 6 heteroatoms. The van der Waals surface area contributed by atoms with Gasteiger partial charge >= 0.3 is 12.1 Å². The van der Waals surface area contributed by atoms with Gasteiger partial charge in [-0.15, -0.1) is 0 Å². The summed E-state index contributed by atoms with van der Waals surface area (Å²) in [4.78, 5) is 25.2. The Bertz CT molecular complexity index is 651. The van der Waals surface area contributed by atoms with Crippen molar-refractivity contribution in [2.24, 2.45) is 17.8 Å². The molecule has 1 rings (SSSR count). The number of amides is 1. The molecular formula is C24H39NO5. The van der Waals surface area contributed by atoms with Crippen molar-refractivity contribution < 1.29 is 24.2 Å². The van der Waals surface area contributed by atoms with E-state index in [0.717, 1.165) is 5.56 Å². The van der Waals surface area contributed by atoms with E-state index in [9.17, 15) is 14.7 Å². The van der Waals surface area contributed by atoms with Crippen LogP contribution in [0.5, 0.6) is 0 Å². The Morgan fingerprint density at radius 1 is 1.00 bits per heavy atom. The van der Waals surface area contributed by atoms with Crippen molar-refractivity contribution in [3.63, 3.8) is 0 Å². The second-order valence-electron chi connectivity index (χ2n) is 9.70. The van der Waals surface area contributed by atoms with Crippen LogP contribution in [0.25, 0.3) is 0 Å². The molecule has 0 fully saturated rings. The Morgan fingerprint density at radius 2 is 1.57 bits per heavy atom. The Hall–Kier alpha value is -2.08. The van der Waals surface area contributed by atoms with Gasteiger partial charge in [-0.05, 0) is 51.0 Å². The number of aliphatic hydroxyl groups is 1. The maximum atomic E-state index is 12.9. The summed E-state index contributed by atoms with van der Waals surface area (Å²) in [5, 5.41) is 13.9. The molecule has 6 nitrogen and oxygen atoms in total. The summed E-state index contributed by atoms with van der Waals surface area (Å²) >= 11 is 0. The molecule has 0 saturated carbocycles. The van der Waals surface area contributed by atoms with E-state index < -0.39 is 35.7 Å². The Morgan fingerprint density at radius 3 is 2.07 bits per heavy atom. The predicted molar refractivity (Wildman–Crippen MR) is 118 cm³/mol. The Kier molecular flexibility index (Phi) is 10.3. The van der Waals surface area contributed by atoms with Crippen LogP contribution >= 0.6 is 0 Å². The zero-order valence-corrected chi connectivity index (χ0v) is 19.5. The minimum atomic E-state index is -1.08. The maximum absolute atomic E-state index is 12.9. The number of carbonyl (C=O) groups excluding carboxylic acids is 2. The topological polar surface area (TPSA) is 84.9 Å². The SMILES string of the molecule is CC(C)C[C@H](NC(=O)OC(C)(C)C)[C@H](O)[C@H](CC(C)C)C(=O)OCc1ccccc1. The fourth-order valence-electron chi connectivity index (χ4n) is 3.25. The number of nitrogens with one attached hydrogen (secondary N) is 1. The highest BCUT2D eigenvalue weighted by molar-refractivity contribution is 5.74. The van der Waals surface area contributed by atoms with Crippen molar-refractivity contribution in [1.29, 1.82) is 0 Å². The molecule has 0 aliphatic carbocycles. The van der Waals surface area contributed by atoms with Gasteiger partial charge in [0.05, 0.1) is 18.1 Å². The molecule has 2 N–H and O–H groups in total. The molecule has 0 aliphatic heterocycles. The van der Waals surface area contributed by atoms with Crippen LogP contribution in [-0.4, -0.2) is 34.9 Å². The van der Waals surface area contributed by atoms with Crippen LogP contribution in [0, 0.1) is 17.8 Å². The Labute approximate surface area is 181 Å². The molecule has 0 bridgehead atoms. The van der Waals surface area contributed by atoms with Crippen molar-refractivity contribution in [2.75, 3.05) is 0 Å². The van der Waals surface area contributed by atoms with Gasteiger partial charge in [0.25, 0.3) is 0 Å². The Balaban J connectivity index is 2.93. The number of esters is 1. The molecule has 0 heterocycles. The fraction of sp³-hybridized carbons (Fsp3) is 0.667. The van der Waals surface area contributed by atoms with E-state index in [1.807, 2.05) is 58.0 Å². The zero-order chi connectivity index (χ0) is 22.9. The number of rotatable bonds is 10. The minimum Gasteiger partial charge on any atom is -0.461 e. The van der Waals surface area contributed by atoms with Gasteiger partial charge in [0.1, 0.15) is 12.2 Å². The monoisotopic (exact) mass is 421 g/mol. The van der Waals surface area contributed by atoms with Gasteiger partial charge in [0, 0.05) is 0 Å². The highest BCUT2D eigenvalue weighted by Crippen LogP contribution is 2.24. The van der Waals surface area contributed by atoms with E-state index in [4.69, 9.17) is 9.47 Å². The van der Waals surface area contributed by atoms with Crippen LogP contribution in [-0.2, 0) is 20.9 Å². The van der Waals surface area contributed by atoms with Crippen LogP contribution in [0.1, 0.15) is 66.9 Å². The average Bonchev–Trinajstić information content (AvgIpc) is 2.62. The largest absolute Gasteiger partial charge is 0.461 e. The average molecular weight is 422 g/mol. The molecule has 0 spiro atoms. The van der Waals surface area contributed by atoms with E-state index in [2.05, 4.69) is 5.32 Å². The normalized spacial score (nSPS) is 14.9. The van der Waals surface area contributed by atoms with Crippen molar-refractivity contribution in [2.45, 2.75) is 85.7 Å². The highest BCUT2D eigenvalue weighted by atomic mass is 16.6. The third-order valence-corrected chi connectivity index (χ3v) is 4.50. The van der Waals surface area contributed by atoms with E-state index in [-0.39, 0.29) is 18.4 Å². The molecule has 1 amide bonds. The molecule has 170 valence electrons. The lowest BCUT2D eigenvalue weighted by Gasteiger charge is -2.32. The number of hydrogen-bond donors (Lipinski definition) is 2. The van der Waals surface area contributed by atoms with Crippen LogP contribution in [0.4, 0.5) is 4.79 Å². The first-order valence-corrected chi connectivity index (χ1v) is 10.8. The summed E-state index contributed by atoms with van der Waals surface area (Å²) in [5.74, 6) is -0.818. The van der Waals surface area contributed by atoms with Gasteiger partial charge in [-0.25, -0.2) is 4.79 Å². The van der Waals surface area contributed by atoms with Crippen molar-refractivity contribution in [3.05, 3.63) is 35.9 Å². The van der Waals surface area contributed by atoms with Gasteiger partial charge in [-0.1, -0.05) is 58.0 Å². The van der Waals surface area contributed by atoms with Gasteiger partial charge < -0.3 is 19.9 Å². The smallest absolute Gasteiger partial charge is 0.407 e. The molecular weight excluding hydrogens is 382 g/mol. The summed E-state index contributed by atoms with van der Waals surface area (Å²) in [5.41, 5.74) is 0.234. The van der Waals surface area contributed by atoms with Gasteiger partial charge in [-0.2, -0.15) is 0 Å². The van der Waals surface area contributed by atoms with Crippen molar-refractivity contribution in [3.8, 4) is 0 Å². The lowest BCUT2D eigenvalue weighted by atomic mass is 9.85. The third kappa shape index (κ3) is 10.1. The number of benzene rings is 1. The van der Waals surface area contributed by atoms with Crippen LogP contribution in [0.3, 0.4) is 0 Å². The number of ether oxygens (including phenoxy) is 2.